The minimum Gasteiger partial charge on any atom is -0.481 e. The molecule has 118 valence electrons. The minimum atomic E-state index is -0.985. The smallest absolute Gasteiger partial charge is 0.341 e. The number of rotatable bonds is 5. The van der Waals surface area contributed by atoms with Gasteiger partial charge in [0, 0.05) is 0 Å². The normalized spacial score (nSPS) is 20.4. The molecule has 1 aliphatic rings. The first-order valence-electron chi connectivity index (χ1n) is 6.97. The maximum absolute atomic E-state index is 12.4. The highest BCUT2D eigenvalue weighted by Crippen LogP contribution is 2.30. The maximum Gasteiger partial charge on any atom is 0.341 e. The zero-order valence-corrected chi connectivity index (χ0v) is 12.9. The molecule has 0 saturated heterocycles. The summed E-state index contributed by atoms with van der Waals surface area (Å²) in [5.41, 5.74) is 0.290. The summed E-state index contributed by atoms with van der Waals surface area (Å²) in [6.07, 6.45) is 4.30. The molecule has 1 aromatic heterocycles. The average Bonchev–Trinajstić information content (AvgIpc) is 2.95. The number of carbonyl (C=O) groups is 3. The van der Waals surface area contributed by atoms with E-state index in [9.17, 15) is 19.5 Å². The van der Waals surface area contributed by atoms with Gasteiger partial charge in [-0.05, 0) is 31.2 Å². The Balaban J connectivity index is 2.12. The lowest BCUT2D eigenvalue weighted by molar-refractivity contribution is -0.146. The number of anilines is 1. The Labute approximate surface area is 131 Å². The van der Waals surface area contributed by atoms with E-state index in [0.717, 1.165) is 0 Å². The molecule has 1 amide bonds. The first kappa shape index (κ1) is 16.2. The van der Waals surface area contributed by atoms with Gasteiger partial charge in [-0.25, -0.2) is 4.79 Å². The number of esters is 1. The van der Waals surface area contributed by atoms with E-state index in [1.54, 1.807) is 24.4 Å². The van der Waals surface area contributed by atoms with E-state index in [1.807, 2.05) is 6.08 Å². The molecule has 0 fully saturated rings. The van der Waals surface area contributed by atoms with E-state index in [4.69, 9.17) is 4.74 Å². The van der Waals surface area contributed by atoms with Gasteiger partial charge in [-0.15, -0.1) is 11.3 Å². The molecule has 0 radical (unpaired) electrons. The Morgan fingerprint density at radius 1 is 1.32 bits per heavy atom. The van der Waals surface area contributed by atoms with Crippen LogP contribution in [0.5, 0.6) is 0 Å². The third kappa shape index (κ3) is 3.54. The van der Waals surface area contributed by atoms with Crippen LogP contribution in [0.2, 0.25) is 0 Å². The lowest BCUT2D eigenvalue weighted by Gasteiger charge is -2.24. The highest BCUT2D eigenvalue weighted by Gasteiger charge is 2.34. The molecular formula is C15H17NO5S. The summed E-state index contributed by atoms with van der Waals surface area (Å²) in [7, 11) is 0. The van der Waals surface area contributed by atoms with Crippen molar-refractivity contribution in [2.24, 2.45) is 11.8 Å². The van der Waals surface area contributed by atoms with E-state index in [1.165, 1.54) is 11.3 Å². The third-order valence-electron chi connectivity index (χ3n) is 3.48. The van der Waals surface area contributed by atoms with Crippen LogP contribution in [0.4, 0.5) is 5.00 Å². The third-order valence-corrected chi connectivity index (χ3v) is 4.31. The van der Waals surface area contributed by atoms with Crippen LogP contribution in [-0.2, 0) is 14.3 Å². The summed E-state index contributed by atoms with van der Waals surface area (Å²) >= 11 is 1.21. The van der Waals surface area contributed by atoms with Gasteiger partial charge in [0.1, 0.15) is 5.00 Å². The quantitative estimate of drug-likeness (QED) is 0.641. The van der Waals surface area contributed by atoms with Gasteiger partial charge in [-0.3, -0.25) is 9.59 Å². The molecule has 2 N–H and O–H groups in total. The van der Waals surface area contributed by atoms with Crippen LogP contribution in [0.15, 0.2) is 23.6 Å². The van der Waals surface area contributed by atoms with Crippen LogP contribution in [-0.4, -0.2) is 29.6 Å². The number of carboxylic acid groups (broad SMARTS) is 1. The van der Waals surface area contributed by atoms with E-state index in [2.05, 4.69) is 5.32 Å². The minimum absolute atomic E-state index is 0.247. The van der Waals surface area contributed by atoms with Gasteiger partial charge in [0.25, 0.3) is 0 Å². The Hall–Kier alpha value is -2.15. The van der Waals surface area contributed by atoms with Gasteiger partial charge in [-0.1, -0.05) is 12.2 Å². The molecule has 1 aliphatic carbocycles. The molecule has 2 atom stereocenters. The van der Waals surface area contributed by atoms with E-state index < -0.39 is 23.8 Å². The summed E-state index contributed by atoms with van der Waals surface area (Å²) in [6, 6.07) is 1.58. The molecule has 0 aromatic carbocycles. The number of hydrogen-bond acceptors (Lipinski definition) is 5. The molecular weight excluding hydrogens is 306 g/mol. The molecule has 6 nitrogen and oxygen atoms in total. The summed E-state index contributed by atoms with van der Waals surface area (Å²) < 4.78 is 4.92. The Morgan fingerprint density at radius 2 is 2.00 bits per heavy atom. The zero-order chi connectivity index (χ0) is 16.1. The van der Waals surface area contributed by atoms with Crippen molar-refractivity contribution in [3.63, 3.8) is 0 Å². The average molecular weight is 323 g/mol. The fraction of sp³-hybridized carbons (Fsp3) is 0.400. The molecule has 0 spiro atoms. The van der Waals surface area contributed by atoms with Crippen LogP contribution in [0.3, 0.4) is 0 Å². The highest BCUT2D eigenvalue weighted by molar-refractivity contribution is 7.14. The van der Waals surface area contributed by atoms with Gasteiger partial charge >= 0.3 is 11.9 Å². The number of allylic oxidation sites excluding steroid dienone is 2. The monoisotopic (exact) mass is 323 g/mol. The molecule has 0 unspecified atom stereocenters. The fourth-order valence-electron chi connectivity index (χ4n) is 2.36. The number of amides is 1. The van der Waals surface area contributed by atoms with Gasteiger partial charge in [0.15, 0.2) is 0 Å². The zero-order valence-electron chi connectivity index (χ0n) is 12.1. The SMILES string of the molecule is CCOC(=O)c1ccsc1NC(=O)[C@H]1CC=CC[C@@H]1C(=O)O. The molecule has 0 aliphatic heterocycles. The van der Waals surface area contributed by atoms with Gasteiger partial charge in [0.2, 0.25) is 5.91 Å². The van der Waals surface area contributed by atoms with Gasteiger partial charge in [-0.2, -0.15) is 0 Å². The Kier molecular flexibility index (Phi) is 5.32. The number of carbonyl (C=O) groups excluding carboxylic acids is 2. The van der Waals surface area contributed by atoms with Crippen LogP contribution < -0.4 is 5.32 Å². The predicted octanol–water partition coefficient (Wildman–Crippen LogP) is 2.53. The standard InChI is InChI=1S/C15H17NO5S/c1-2-21-15(20)11-7-8-22-13(11)16-12(17)9-5-3-4-6-10(9)14(18)19/h3-4,7-10H,2,5-6H2,1H3,(H,16,17)(H,18,19)/t9-,10-/m0/s1. The number of hydrogen-bond donors (Lipinski definition) is 2. The number of carboxylic acids is 1. The fourth-order valence-corrected chi connectivity index (χ4v) is 3.14. The summed E-state index contributed by atoms with van der Waals surface area (Å²) in [5.74, 6) is -3.25. The molecule has 22 heavy (non-hydrogen) atoms. The summed E-state index contributed by atoms with van der Waals surface area (Å²) in [6.45, 7) is 1.95. The second-order valence-electron chi connectivity index (χ2n) is 4.87. The lowest BCUT2D eigenvalue weighted by atomic mass is 9.82. The van der Waals surface area contributed by atoms with Crippen molar-refractivity contribution in [2.45, 2.75) is 19.8 Å². The predicted molar refractivity (Wildman–Crippen MR) is 81.9 cm³/mol. The van der Waals surface area contributed by atoms with E-state index in [0.29, 0.717) is 23.4 Å². The first-order valence-corrected chi connectivity index (χ1v) is 7.85. The van der Waals surface area contributed by atoms with Gasteiger partial charge in [0.05, 0.1) is 24.0 Å². The second kappa shape index (κ2) is 7.22. The summed E-state index contributed by atoms with van der Waals surface area (Å²) in [5, 5.41) is 13.9. The first-order chi connectivity index (χ1) is 10.5. The van der Waals surface area contributed by atoms with Crippen molar-refractivity contribution >= 4 is 34.2 Å². The van der Waals surface area contributed by atoms with Crippen molar-refractivity contribution in [1.82, 2.24) is 0 Å². The number of aliphatic carboxylic acids is 1. The van der Waals surface area contributed by atoms with E-state index in [-0.39, 0.29) is 12.5 Å². The summed E-state index contributed by atoms with van der Waals surface area (Å²) in [4.78, 5) is 35.4. The number of thiophene rings is 1. The molecule has 1 aromatic rings. The Morgan fingerprint density at radius 3 is 2.64 bits per heavy atom. The second-order valence-corrected chi connectivity index (χ2v) is 5.78. The highest BCUT2D eigenvalue weighted by atomic mass is 32.1. The molecule has 1 heterocycles. The molecule has 0 bridgehead atoms. The van der Waals surface area contributed by atoms with Crippen molar-refractivity contribution in [3.05, 3.63) is 29.2 Å². The van der Waals surface area contributed by atoms with Crippen molar-refractivity contribution < 1.29 is 24.2 Å². The lowest BCUT2D eigenvalue weighted by Crippen LogP contribution is -2.34. The number of nitrogens with one attached hydrogen (secondary N) is 1. The van der Waals surface area contributed by atoms with Crippen LogP contribution in [0, 0.1) is 11.8 Å². The molecule has 7 heteroatoms. The van der Waals surface area contributed by atoms with Crippen molar-refractivity contribution in [1.29, 1.82) is 0 Å². The van der Waals surface area contributed by atoms with Crippen molar-refractivity contribution in [2.75, 3.05) is 11.9 Å². The van der Waals surface area contributed by atoms with E-state index >= 15 is 0 Å². The maximum atomic E-state index is 12.4. The topological polar surface area (TPSA) is 92.7 Å². The molecule has 2 rings (SSSR count). The largest absolute Gasteiger partial charge is 0.481 e. The van der Waals surface area contributed by atoms with Crippen molar-refractivity contribution in [3.8, 4) is 0 Å². The van der Waals surface area contributed by atoms with Crippen LogP contribution >= 0.6 is 11.3 Å². The van der Waals surface area contributed by atoms with Crippen LogP contribution in [0.1, 0.15) is 30.1 Å². The molecule has 0 saturated carbocycles. The number of ether oxygens (including phenoxy) is 1. The Bertz CT molecular complexity index is 607. The van der Waals surface area contributed by atoms with Gasteiger partial charge < -0.3 is 15.2 Å². The van der Waals surface area contributed by atoms with Crippen LogP contribution in [0.25, 0.3) is 0 Å².